The Kier molecular flexibility index (Phi) is 5.94. The smallest absolute Gasteiger partial charge is 0.282 e. The summed E-state index contributed by atoms with van der Waals surface area (Å²) in [6.45, 7) is 2.37. The molecule has 1 heterocycles. The molecule has 3 aromatic carbocycles. The molecule has 0 fully saturated rings. The second kappa shape index (κ2) is 8.98. The largest absolute Gasteiger partial charge is 0.496 e. The maximum atomic E-state index is 13.7. The van der Waals surface area contributed by atoms with Gasteiger partial charge in [-0.2, -0.15) is 0 Å². The number of nitrogens with zero attached hydrogens (tertiary/aromatic N) is 2. The van der Waals surface area contributed by atoms with Crippen molar-refractivity contribution in [3.8, 4) is 11.5 Å². The molecule has 0 saturated carbocycles. The Morgan fingerprint density at radius 3 is 2.31 bits per heavy atom. The van der Waals surface area contributed by atoms with Crippen LogP contribution in [0.25, 0.3) is 5.57 Å². The fourth-order valence-corrected chi connectivity index (χ4v) is 3.82. The summed E-state index contributed by atoms with van der Waals surface area (Å²) in [4.78, 5) is 30.4. The van der Waals surface area contributed by atoms with Crippen molar-refractivity contribution in [3.05, 3.63) is 90.1 Å². The molecule has 0 atom stereocenters. The Balaban J connectivity index is 1.88. The average Bonchev–Trinajstić information content (AvgIpc) is 3.09. The highest BCUT2D eigenvalue weighted by molar-refractivity contribution is 6.46. The van der Waals surface area contributed by atoms with Crippen molar-refractivity contribution < 1.29 is 19.1 Å². The molecular formula is C26H24N2O4. The van der Waals surface area contributed by atoms with E-state index in [1.807, 2.05) is 49.4 Å². The first-order valence-electron chi connectivity index (χ1n) is 10.3. The topological polar surface area (TPSA) is 59.1 Å². The molecule has 2 amide bonds. The molecule has 0 aliphatic carbocycles. The number of likely N-dealkylation sites (N-methyl/N-ethyl adjacent to an activating group) is 1. The highest BCUT2D eigenvalue weighted by Gasteiger charge is 2.43. The van der Waals surface area contributed by atoms with Gasteiger partial charge in [-0.15, -0.1) is 0 Å². The van der Waals surface area contributed by atoms with E-state index in [1.54, 1.807) is 55.5 Å². The van der Waals surface area contributed by atoms with Crippen LogP contribution in [-0.4, -0.2) is 32.6 Å². The first kappa shape index (κ1) is 21.2. The van der Waals surface area contributed by atoms with Crippen LogP contribution < -0.4 is 19.3 Å². The number of rotatable bonds is 7. The van der Waals surface area contributed by atoms with E-state index >= 15 is 0 Å². The van der Waals surface area contributed by atoms with Crippen molar-refractivity contribution in [1.82, 2.24) is 0 Å². The molecule has 0 saturated heterocycles. The van der Waals surface area contributed by atoms with E-state index in [4.69, 9.17) is 9.47 Å². The monoisotopic (exact) mass is 428 g/mol. The van der Waals surface area contributed by atoms with Crippen LogP contribution >= 0.6 is 0 Å². The minimum Gasteiger partial charge on any atom is -0.496 e. The Morgan fingerprint density at radius 2 is 1.59 bits per heavy atom. The fraction of sp³-hybridized carbons (Fsp3) is 0.154. The molecule has 6 heteroatoms. The van der Waals surface area contributed by atoms with Gasteiger partial charge in [0.15, 0.2) is 0 Å². The lowest BCUT2D eigenvalue weighted by Crippen LogP contribution is -2.34. The van der Waals surface area contributed by atoms with Gasteiger partial charge in [-0.3, -0.25) is 9.59 Å². The van der Waals surface area contributed by atoms with Gasteiger partial charge in [-0.1, -0.05) is 42.5 Å². The van der Waals surface area contributed by atoms with Gasteiger partial charge in [-0.05, 0) is 37.3 Å². The molecule has 0 bridgehead atoms. The number of hydrogen-bond donors (Lipinski definition) is 0. The second-order valence-electron chi connectivity index (χ2n) is 7.19. The normalized spacial score (nSPS) is 13.5. The predicted molar refractivity (Wildman–Crippen MR) is 125 cm³/mol. The van der Waals surface area contributed by atoms with Crippen molar-refractivity contribution >= 4 is 28.8 Å². The summed E-state index contributed by atoms with van der Waals surface area (Å²) in [6.07, 6.45) is 0. The zero-order chi connectivity index (χ0) is 22.7. The molecule has 4 rings (SSSR count). The minimum atomic E-state index is -0.411. The van der Waals surface area contributed by atoms with Gasteiger partial charge < -0.3 is 14.4 Å². The Hall–Kier alpha value is -4.06. The third-order valence-corrected chi connectivity index (χ3v) is 5.30. The van der Waals surface area contributed by atoms with E-state index in [0.717, 1.165) is 5.69 Å². The third kappa shape index (κ3) is 3.71. The predicted octanol–water partition coefficient (Wildman–Crippen LogP) is 4.51. The minimum absolute atomic E-state index is 0.285. The van der Waals surface area contributed by atoms with Crippen molar-refractivity contribution in [1.29, 1.82) is 0 Å². The molecule has 0 aromatic heterocycles. The number of amides is 2. The molecule has 0 N–H and O–H groups in total. The number of methoxy groups -OCH3 is 1. The quantitative estimate of drug-likeness (QED) is 0.518. The maximum Gasteiger partial charge on any atom is 0.282 e. The van der Waals surface area contributed by atoms with Crippen LogP contribution in [0.5, 0.6) is 11.5 Å². The molecule has 1 aliphatic heterocycles. The molecule has 6 nitrogen and oxygen atoms in total. The van der Waals surface area contributed by atoms with Gasteiger partial charge >= 0.3 is 0 Å². The van der Waals surface area contributed by atoms with Crippen molar-refractivity contribution in [2.45, 2.75) is 6.92 Å². The van der Waals surface area contributed by atoms with Gasteiger partial charge in [0.2, 0.25) is 0 Å². The van der Waals surface area contributed by atoms with E-state index < -0.39 is 11.8 Å². The second-order valence-corrected chi connectivity index (χ2v) is 7.19. The Morgan fingerprint density at radius 1 is 0.875 bits per heavy atom. The number of ether oxygens (including phenoxy) is 2. The van der Waals surface area contributed by atoms with Crippen LogP contribution in [-0.2, 0) is 9.59 Å². The van der Waals surface area contributed by atoms with E-state index in [1.165, 1.54) is 4.90 Å². The molecule has 1 aliphatic rings. The standard InChI is InChI=1S/C26H24N2O4/c1-4-32-20-14-10-13-19(17-20)28-25(29)23(21-15-8-9-16-22(21)31-3)24(26(28)30)27(2)18-11-6-5-7-12-18/h5-17H,4H2,1-3H3. The molecule has 0 spiro atoms. The van der Waals surface area contributed by atoms with Crippen LogP contribution in [0.4, 0.5) is 11.4 Å². The first-order valence-corrected chi connectivity index (χ1v) is 10.3. The van der Waals surface area contributed by atoms with Crippen molar-refractivity contribution in [2.24, 2.45) is 0 Å². The average molecular weight is 428 g/mol. The highest BCUT2D eigenvalue weighted by atomic mass is 16.5. The third-order valence-electron chi connectivity index (χ3n) is 5.30. The highest BCUT2D eigenvalue weighted by Crippen LogP contribution is 2.39. The molecule has 162 valence electrons. The van der Waals surface area contributed by atoms with Gasteiger partial charge in [-0.25, -0.2) is 4.90 Å². The van der Waals surface area contributed by atoms with Gasteiger partial charge in [0.25, 0.3) is 11.8 Å². The van der Waals surface area contributed by atoms with Crippen molar-refractivity contribution in [2.75, 3.05) is 30.6 Å². The molecule has 3 aromatic rings. The maximum absolute atomic E-state index is 13.7. The summed E-state index contributed by atoms with van der Waals surface area (Å²) in [5.41, 5.74) is 2.39. The SMILES string of the molecule is CCOc1cccc(N2C(=O)C(c3ccccc3OC)=C(N(C)c3ccccc3)C2=O)c1. The number of carbonyl (C=O) groups excluding carboxylic acids is 2. The van der Waals surface area contributed by atoms with Crippen LogP contribution in [0.15, 0.2) is 84.6 Å². The number of anilines is 2. The van der Waals surface area contributed by atoms with Crippen molar-refractivity contribution in [3.63, 3.8) is 0 Å². The molecular weight excluding hydrogens is 404 g/mol. The zero-order valence-electron chi connectivity index (χ0n) is 18.2. The summed E-state index contributed by atoms with van der Waals surface area (Å²) in [7, 11) is 3.33. The summed E-state index contributed by atoms with van der Waals surface area (Å²) in [6, 6.07) is 23.7. The number of hydrogen-bond acceptors (Lipinski definition) is 5. The van der Waals surface area contributed by atoms with Gasteiger partial charge in [0.1, 0.15) is 17.2 Å². The lowest BCUT2D eigenvalue weighted by molar-refractivity contribution is -0.120. The molecule has 0 unspecified atom stereocenters. The van der Waals surface area contributed by atoms with E-state index in [9.17, 15) is 9.59 Å². The molecule has 0 radical (unpaired) electrons. The van der Waals surface area contributed by atoms with Crippen LogP contribution in [0, 0.1) is 0 Å². The summed E-state index contributed by atoms with van der Waals surface area (Å²) < 4.78 is 11.1. The molecule has 32 heavy (non-hydrogen) atoms. The van der Waals surface area contributed by atoms with Gasteiger partial charge in [0.05, 0.1) is 25.0 Å². The number of imide groups is 1. The van der Waals surface area contributed by atoms with E-state index in [0.29, 0.717) is 34.9 Å². The first-order chi connectivity index (χ1) is 15.6. The van der Waals surface area contributed by atoms with E-state index in [2.05, 4.69) is 0 Å². The van der Waals surface area contributed by atoms with Crippen LogP contribution in [0.3, 0.4) is 0 Å². The van der Waals surface area contributed by atoms with Crippen LogP contribution in [0.2, 0.25) is 0 Å². The van der Waals surface area contributed by atoms with E-state index in [-0.39, 0.29) is 5.70 Å². The number of benzene rings is 3. The van der Waals surface area contributed by atoms with Gasteiger partial charge in [0, 0.05) is 24.4 Å². The summed E-state index contributed by atoms with van der Waals surface area (Å²) in [5, 5.41) is 0. The number of para-hydroxylation sites is 2. The zero-order valence-corrected chi connectivity index (χ0v) is 18.2. The Bertz CT molecular complexity index is 1190. The fourth-order valence-electron chi connectivity index (χ4n) is 3.82. The lowest BCUT2D eigenvalue weighted by Gasteiger charge is -2.22. The summed E-state index contributed by atoms with van der Waals surface area (Å²) in [5.74, 6) is 0.295. The van der Waals surface area contributed by atoms with Crippen LogP contribution in [0.1, 0.15) is 12.5 Å². The number of carbonyl (C=O) groups is 2. The lowest BCUT2D eigenvalue weighted by atomic mass is 10.0. The summed E-state index contributed by atoms with van der Waals surface area (Å²) >= 11 is 0. The Labute approximate surface area is 187 Å².